The van der Waals surface area contributed by atoms with Crippen LogP contribution in [-0.2, 0) is 6.42 Å². The fourth-order valence-corrected chi connectivity index (χ4v) is 2.44. The number of hydrogen-bond acceptors (Lipinski definition) is 5. The molecule has 0 bridgehead atoms. The first-order chi connectivity index (χ1) is 9.49. The van der Waals surface area contributed by atoms with E-state index in [-0.39, 0.29) is 11.4 Å². The van der Waals surface area contributed by atoms with E-state index in [0.29, 0.717) is 13.0 Å². The predicted octanol–water partition coefficient (Wildman–Crippen LogP) is 2.49. The van der Waals surface area contributed by atoms with E-state index in [1.807, 2.05) is 6.92 Å². The van der Waals surface area contributed by atoms with Gasteiger partial charge in [0.25, 0.3) is 0 Å². The number of nitrogens with zero attached hydrogens (tertiary/aromatic N) is 1. The van der Waals surface area contributed by atoms with Crippen LogP contribution in [0.25, 0.3) is 0 Å². The van der Waals surface area contributed by atoms with Gasteiger partial charge in [0.05, 0.1) is 29.1 Å². The molecule has 0 aliphatic rings. The Morgan fingerprint density at radius 1 is 1.55 bits per heavy atom. The smallest absolute Gasteiger partial charge is 0.338 e. The predicted molar refractivity (Wildman–Crippen MR) is 73.8 cm³/mol. The largest absolute Gasteiger partial charge is 0.491 e. The Morgan fingerprint density at radius 3 is 2.90 bits per heavy atom. The Balaban J connectivity index is 2.05. The quantitative estimate of drug-likeness (QED) is 0.828. The molecule has 2 rings (SSSR count). The Bertz CT molecular complexity index is 643. The number of carboxylic acid groups (broad SMARTS) is 1. The van der Waals surface area contributed by atoms with E-state index in [0.717, 1.165) is 22.7 Å². The van der Waals surface area contributed by atoms with Crippen LogP contribution in [0.2, 0.25) is 0 Å². The number of halogens is 1. The molecule has 0 atom stereocenters. The second kappa shape index (κ2) is 5.87. The number of benzene rings is 1. The van der Waals surface area contributed by atoms with Crippen molar-refractivity contribution in [3.63, 3.8) is 0 Å². The number of ether oxygens (including phenoxy) is 1. The van der Waals surface area contributed by atoms with E-state index < -0.39 is 17.3 Å². The Kier molecular flexibility index (Phi) is 4.19. The second-order valence-corrected chi connectivity index (χ2v) is 5.07. The van der Waals surface area contributed by atoms with Gasteiger partial charge in [0, 0.05) is 17.4 Å². The molecule has 1 aromatic carbocycles. The Hall–Kier alpha value is -2.15. The molecule has 0 saturated heterocycles. The summed E-state index contributed by atoms with van der Waals surface area (Å²) in [7, 11) is 0. The van der Waals surface area contributed by atoms with Crippen LogP contribution in [-0.4, -0.2) is 22.7 Å². The first kappa shape index (κ1) is 14.3. The van der Waals surface area contributed by atoms with Crippen molar-refractivity contribution in [2.45, 2.75) is 13.3 Å². The zero-order valence-corrected chi connectivity index (χ0v) is 11.5. The van der Waals surface area contributed by atoms with E-state index in [9.17, 15) is 9.18 Å². The highest BCUT2D eigenvalue weighted by atomic mass is 32.1. The number of nitrogen functional groups attached to an aromatic ring is 1. The zero-order valence-electron chi connectivity index (χ0n) is 10.7. The lowest BCUT2D eigenvalue weighted by Gasteiger charge is -2.10. The van der Waals surface area contributed by atoms with Crippen molar-refractivity contribution in [1.82, 2.24) is 4.98 Å². The van der Waals surface area contributed by atoms with E-state index in [1.54, 1.807) is 5.51 Å². The molecule has 1 heterocycles. The third kappa shape index (κ3) is 3.05. The molecule has 20 heavy (non-hydrogen) atoms. The van der Waals surface area contributed by atoms with Gasteiger partial charge in [0.15, 0.2) is 0 Å². The number of nitrogens with two attached hydrogens (primary N) is 1. The number of aromatic nitrogens is 1. The van der Waals surface area contributed by atoms with Gasteiger partial charge in [-0.2, -0.15) is 0 Å². The fourth-order valence-electron chi connectivity index (χ4n) is 1.68. The van der Waals surface area contributed by atoms with Crippen LogP contribution in [0.5, 0.6) is 5.75 Å². The summed E-state index contributed by atoms with van der Waals surface area (Å²) in [6.07, 6.45) is 0.637. The van der Waals surface area contributed by atoms with Crippen molar-refractivity contribution in [1.29, 1.82) is 0 Å². The van der Waals surface area contributed by atoms with Crippen molar-refractivity contribution < 1.29 is 19.0 Å². The number of hydrogen-bond donors (Lipinski definition) is 2. The van der Waals surface area contributed by atoms with Gasteiger partial charge in [-0.1, -0.05) is 0 Å². The van der Waals surface area contributed by atoms with Gasteiger partial charge >= 0.3 is 5.97 Å². The molecule has 0 aliphatic carbocycles. The molecule has 106 valence electrons. The highest BCUT2D eigenvalue weighted by molar-refractivity contribution is 7.09. The molecule has 0 aliphatic heterocycles. The van der Waals surface area contributed by atoms with Gasteiger partial charge in [-0.05, 0) is 13.0 Å². The normalized spacial score (nSPS) is 10.5. The summed E-state index contributed by atoms with van der Waals surface area (Å²) in [5.74, 6) is -2.08. The molecule has 0 fully saturated rings. The summed E-state index contributed by atoms with van der Waals surface area (Å²) >= 11 is 1.52. The van der Waals surface area contributed by atoms with Crippen LogP contribution in [0.4, 0.5) is 10.1 Å². The molecule has 5 nitrogen and oxygen atoms in total. The standard InChI is InChI=1S/C13H13FN2O3S/c1-7-12(20-6-16-7)2-3-19-11-5-9(14)8(13(17)18)4-10(11)15/h4-6H,2-3,15H2,1H3,(H,17,18). The highest BCUT2D eigenvalue weighted by Gasteiger charge is 2.14. The third-order valence-electron chi connectivity index (χ3n) is 2.76. The number of carboxylic acids is 1. The first-order valence-electron chi connectivity index (χ1n) is 5.83. The van der Waals surface area contributed by atoms with Crippen LogP contribution in [0, 0.1) is 12.7 Å². The number of thiazole rings is 1. The maximum Gasteiger partial charge on any atom is 0.338 e. The summed E-state index contributed by atoms with van der Waals surface area (Å²) < 4.78 is 18.9. The molecule has 0 amide bonds. The molecule has 0 unspecified atom stereocenters. The van der Waals surface area contributed by atoms with Crippen LogP contribution >= 0.6 is 11.3 Å². The molecular formula is C13H13FN2O3S. The molecule has 0 spiro atoms. The second-order valence-electron chi connectivity index (χ2n) is 4.13. The maximum atomic E-state index is 13.5. The highest BCUT2D eigenvalue weighted by Crippen LogP contribution is 2.26. The number of rotatable bonds is 5. The number of carbonyl (C=O) groups is 1. The van der Waals surface area contributed by atoms with Crippen molar-refractivity contribution in [2.24, 2.45) is 0 Å². The molecular weight excluding hydrogens is 283 g/mol. The summed E-state index contributed by atoms with van der Waals surface area (Å²) in [6.45, 7) is 2.22. The molecule has 0 radical (unpaired) electrons. The Labute approximate surface area is 118 Å². The minimum absolute atomic E-state index is 0.102. The SMILES string of the molecule is Cc1ncsc1CCOc1cc(F)c(C(=O)O)cc1N. The van der Waals surface area contributed by atoms with Gasteiger partial charge < -0.3 is 15.6 Å². The molecule has 1 aromatic heterocycles. The third-order valence-corrected chi connectivity index (χ3v) is 3.76. The van der Waals surface area contributed by atoms with E-state index in [1.165, 1.54) is 11.3 Å². The van der Waals surface area contributed by atoms with Crippen molar-refractivity contribution >= 4 is 23.0 Å². The monoisotopic (exact) mass is 296 g/mol. The summed E-state index contributed by atoms with van der Waals surface area (Å²) in [4.78, 5) is 16.0. The lowest BCUT2D eigenvalue weighted by atomic mass is 10.2. The maximum absolute atomic E-state index is 13.5. The van der Waals surface area contributed by atoms with E-state index in [4.69, 9.17) is 15.6 Å². The van der Waals surface area contributed by atoms with E-state index >= 15 is 0 Å². The van der Waals surface area contributed by atoms with Gasteiger partial charge in [0.2, 0.25) is 0 Å². The van der Waals surface area contributed by atoms with Gasteiger partial charge in [-0.15, -0.1) is 11.3 Å². The average Bonchev–Trinajstić information content (AvgIpc) is 2.78. The van der Waals surface area contributed by atoms with Crippen molar-refractivity contribution in [3.8, 4) is 5.75 Å². The van der Waals surface area contributed by atoms with Gasteiger partial charge in [-0.3, -0.25) is 0 Å². The molecule has 0 saturated carbocycles. The lowest BCUT2D eigenvalue weighted by Crippen LogP contribution is -2.07. The van der Waals surface area contributed by atoms with Crippen molar-refractivity contribution in [2.75, 3.05) is 12.3 Å². The van der Waals surface area contributed by atoms with Gasteiger partial charge in [-0.25, -0.2) is 14.2 Å². The Morgan fingerprint density at radius 2 is 2.30 bits per heavy atom. The molecule has 3 N–H and O–H groups in total. The minimum atomic E-state index is -1.36. The summed E-state index contributed by atoms with van der Waals surface area (Å²) in [5, 5.41) is 8.77. The summed E-state index contributed by atoms with van der Waals surface area (Å²) in [6, 6.07) is 2.06. The fraction of sp³-hybridized carbons (Fsp3) is 0.231. The first-order valence-corrected chi connectivity index (χ1v) is 6.71. The zero-order chi connectivity index (χ0) is 14.7. The average molecular weight is 296 g/mol. The van der Waals surface area contributed by atoms with Crippen molar-refractivity contribution in [3.05, 3.63) is 39.6 Å². The van der Waals surface area contributed by atoms with E-state index in [2.05, 4.69) is 4.98 Å². The van der Waals surface area contributed by atoms with Crippen LogP contribution in [0.1, 0.15) is 20.9 Å². The van der Waals surface area contributed by atoms with Gasteiger partial charge in [0.1, 0.15) is 11.6 Å². The number of anilines is 1. The number of aromatic carboxylic acids is 1. The summed E-state index contributed by atoms with van der Waals surface area (Å²) in [5.41, 5.74) is 7.98. The minimum Gasteiger partial charge on any atom is -0.491 e. The number of aryl methyl sites for hydroxylation is 1. The topological polar surface area (TPSA) is 85.4 Å². The molecule has 7 heteroatoms. The lowest BCUT2D eigenvalue weighted by molar-refractivity contribution is 0.0692. The van der Waals surface area contributed by atoms with Crippen LogP contribution < -0.4 is 10.5 Å². The van der Waals surface area contributed by atoms with Crippen LogP contribution in [0.3, 0.4) is 0 Å². The molecule has 2 aromatic rings. The van der Waals surface area contributed by atoms with Crippen LogP contribution in [0.15, 0.2) is 17.6 Å².